The summed E-state index contributed by atoms with van der Waals surface area (Å²) in [6.07, 6.45) is 3.12. The smallest absolute Gasteiger partial charge is 0.233 e. The van der Waals surface area contributed by atoms with Crippen LogP contribution in [0.15, 0.2) is 30.3 Å². The van der Waals surface area contributed by atoms with Crippen molar-refractivity contribution in [2.75, 3.05) is 69.7 Å². The molecule has 0 radical (unpaired) electrons. The van der Waals surface area contributed by atoms with E-state index in [1.165, 1.54) is 12.5 Å². The third-order valence-corrected chi connectivity index (χ3v) is 8.79. The fourth-order valence-electron chi connectivity index (χ4n) is 6.56. The number of anilines is 3. The lowest BCUT2D eigenvalue weighted by molar-refractivity contribution is -0.124. The van der Waals surface area contributed by atoms with E-state index < -0.39 is 17.8 Å². The number of benzene rings is 2. The summed E-state index contributed by atoms with van der Waals surface area (Å²) >= 11 is 0. The van der Waals surface area contributed by atoms with Crippen LogP contribution in [0.5, 0.6) is 11.5 Å². The second kappa shape index (κ2) is 11.3. The zero-order valence-electron chi connectivity index (χ0n) is 23.2. The standard InChI is InChI=1S/C30H38FN5O4/c1-19-25(30(38)33-10-9-20-6-5-12-34(20)2)28(37)21-18-22(31)26(32-11-13-35-14-16-39-17-15-35)29-27(21)36(19)23-7-3-4-8-24(23)40-29/h3-4,7-8,18-20,25,32H,5-6,9-17H2,1-2H3,(H,33,38). The number of Topliss-reactive ketones (excluding diaryl/α,β-unsaturated/α-hetero) is 1. The molecule has 0 aliphatic carbocycles. The number of halogens is 1. The fraction of sp³-hybridized carbons (Fsp3) is 0.533. The second-order valence-electron chi connectivity index (χ2n) is 11.2. The van der Waals surface area contributed by atoms with Gasteiger partial charge in [-0.15, -0.1) is 0 Å². The van der Waals surface area contributed by atoms with Crippen molar-refractivity contribution in [2.24, 2.45) is 5.92 Å². The largest absolute Gasteiger partial charge is 0.451 e. The predicted octanol–water partition coefficient (Wildman–Crippen LogP) is 3.62. The molecule has 3 atom stereocenters. The van der Waals surface area contributed by atoms with E-state index in [2.05, 4.69) is 27.5 Å². The van der Waals surface area contributed by atoms with Crippen LogP contribution in [-0.4, -0.2) is 93.1 Å². The summed E-state index contributed by atoms with van der Waals surface area (Å²) in [5, 5.41) is 6.25. The Kier molecular flexibility index (Phi) is 7.65. The number of para-hydroxylation sites is 2. The van der Waals surface area contributed by atoms with Crippen molar-refractivity contribution in [1.29, 1.82) is 0 Å². The Bertz CT molecular complexity index is 1280. The van der Waals surface area contributed by atoms with E-state index in [9.17, 15) is 9.59 Å². The molecule has 0 spiro atoms. The quantitative estimate of drug-likeness (QED) is 0.482. The fourth-order valence-corrected chi connectivity index (χ4v) is 6.56. The zero-order valence-corrected chi connectivity index (χ0v) is 23.2. The number of rotatable bonds is 8. The normalized spacial score (nSPS) is 24.3. The maximum atomic E-state index is 15.7. The number of hydrogen-bond donors (Lipinski definition) is 2. The monoisotopic (exact) mass is 551 g/mol. The number of morpholine rings is 1. The first-order valence-electron chi connectivity index (χ1n) is 14.4. The minimum atomic E-state index is -0.965. The molecule has 0 bridgehead atoms. The molecular weight excluding hydrogens is 513 g/mol. The molecule has 6 rings (SSSR count). The van der Waals surface area contributed by atoms with Crippen LogP contribution in [0.4, 0.5) is 21.5 Å². The van der Waals surface area contributed by atoms with Crippen molar-refractivity contribution < 1.29 is 23.5 Å². The lowest BCUT2D eigenvalue weighted by Gasteiger charge is -2.44. The number of fused-ring (bicyclic) bond motifs is 2. The summed E-state index contributed by atoms with van der Waals surface area (Å²) in [6.45, 7) is 7.77. The molecule has 10 heteroatoms. The maximum absolute atomic E-state index is 15.7. The van der Waals surface area contributed by atoms with Crippen LogP contribution in [0.3, 0.4) is 0 Å². The number of ketones is 1. The first-order chi connectivity index (χ1) is 19.4. The van der Waals surface area contributed by atoms with Gasteiger partial charge in [-0.2, -0.15) is 0 Å². The predicted molar refractivity (Wildman–Crippen MR) is 151 cm³/mol. The average Bonchev–Trinajstić information content (AvgIpc) is 3.37. The van der Waals surface area contributed by atoms with Crippen molar-refractivity contribution in [3.8, 4) is 11.5 Å². The molecule has 4 aliphatic heterocycles. The summed E-state index contributed by atoms with van der Waals surface area (Å²) in [7, 11) is 2.11. The minimum absolute atomic E-state index is 0.175. The Hall–Kier alpha value is -3.21. The van der Waals surface area contributed by atoms with Crippen LogP contribution < -0.4 is 20.3 Å². The number of likely N-dealkylation sites (tertiary alicyclic amines) is 1. The molecule has 2 N–H and O–H groups in total. The Morgan fingerprint density at radius 3 is 2.73 bits per heavy atom. The van der Waals surface area contributed by atoms with Crippen molar-refractivity contribution in [1.82, 2.24) is 15.1 Å². The zero-order chi connectivity index (χ0) is 27.8. The van der Waals surface area contributed by atoms with Gasteiger partial charge in [0.15, 0.2) is 23.1 Å². The Labute approximate surface area is 234 Å². The number of carbonyl (C=O) groups excluding carboxylic acids is 2. The van der Waals surface area contributed by atoms with Crippen molar-refractivity contribution in [2.45, 2.75) is 38.3 Å². The first-order valence-corrected chi connectivity index (χ1v) is 14.4. The topological polar surface area (TPSA) is 86.4 Å². The van der Waals surface area contributed by atoms with Crippen LogP contribution in [0.2, 0.25) is 0 Å². The van der Waals surface area contributed by atoms with Crippen LogP contribution in [-0.2, 0) is 9.53 Å². The van der Waals surface area contributed by atoms with Crippen molar-refractivity contribution in [3.63, 3.8) is 0 Å². The van der Waals surface area contributed by atoms with Crippen LogP contribution in [0, 0.1) is 11.7 Å². The van der Waals surface area contributed by atoms with Crippen LogP contribution in [0.1, 0.15) is 36.5 Å². The number of nitrogens with one attached hydrogen (secondary N) is 2. The highest BCUT2D eigenvalue weighted by Gasteiger charge is 2.47. The van der Waals surface area contributed by atoms with Crippen molar-refractivity contribution in [3.05, 3.63) is 41.7 Å². The van der Waals surface area contributed by atoms with Gasteiger partial charge in [0.05, 0.1) is 30.6 Å². The summed E-state index contributed by atoms with van der Waals surface area (Å²) in [5.41, 5.74) is 1.68. The van der Waals surface area contributed by atoms with Gasteiger partial charge in [-0.1, -0.05) is 12.1 Å². The molecule has 0 saturated carbocycles. The van der Waals surface area contributed by atoms with Gasteiger partial charge < -0.3 is 29.9 Å². The first kappa shape index (κ1) is 27.0. The summed E-state index contributed by atoms with van der Waals surface area (Å²) in [6, 6.07) is 8.72. The summed E-state index contributed by atoms with van der Waals surface area (Å²) in [5.74, 6) is -1.38. The molecule has 3 unspecified atom stereocenters. The number of carbonyl (C=O) groups is 2. The van der Waals surface area contributed by atoms with Crippen LogP contribution >= 0.6 is 0 Å². The number of hydrogen-bond acceptors (Lipinski definition) is 8. The van der Waals surface area contributed by atoms with Gasteiger partial charge >= 0.3 is 0 Å². The molecule has 0 aromatic heterocycles. The van der Waals surface area contributed by atoms with Gasteiger partial charge in [0, 0.05) is 44.3 Å². The molecule has 2 fully saturated rings. The number of ether oxygens (including phenoxy) is 2. The Morgan fingerprint density at radius 2 is 1.95 bits per heavy atom. The molecule has 4 aliphatic rings. The van der Waals surface area contributed by atoms with Gasteiger partial charge in [-0.3, -0.25) is 14.5 Å². The van der Waals surface area contributed by atoms with E-state index in [-0.39, 0.29) is 22.9 Å². The molecule has 9 nitrogen and oxygen atoms in total. The van der Waals surface area contributed by atoms with E-state index in [4.69, 9.17) is 9.47 Å². The van der Waals surface area contributed by atoms with E-state index in [1.54, 1.807) is 0 Å². The minimum Gasteiger partial charge on any atom is -0.451 e. The number of amides is 1. The van der Waals surface area contributed by atoms with Gasteiger partial charge in [-0.25, -0.2) is 4.39 Å². The molecule has 4 heterocycles. The van der Waals surface area contributed by atoms with E-state index in [0.717, 1.165) is 44.7 Å². The lowest BCUT2D eigenvalue weighted by atomic mass is 9.82. The molecule has 2 aromatic rings. The Balaban J connectivity index is 1.28. The molecule has 40 heavy (non-hydrogen) atoms. The lowest BCUT2D eigenvalue weighted by Crippen LogP contribution is -2.52. The molecule has 2 saturated heterocycles. The average molecular weight is 552 g/mol. The van der Waals surface area contributed by atoms with Crippen molar-refractivity contribution >= 4 is 28.8 Å². The van der Waals surface area contributed by atoms with E-state index in [1.807, 2.05) is 36.1 Å². The highest BCUT2D eigenvalue weighted by molar-refractivity contribution is 6.17. The molecule has 214 valence electrons. The SMILES string of the molecule is CC1C(C(=O)NCCC2CCCN2C)C(=O)c2cc(F)c(NCCN3CCOCC3)c3c2N1c1ccccc1O3. The maximum Gasteiger partial charge on any atom is 0.233 e. The number of nitrogens with zero attached hydrogens (tertiary/aromatic N) is 3. The van der Waals surface area contributed by atoms with Gasteiger partial charge in [-0.05, 0) is 58.0 Å². The Morgan fingerprint density at radius 1 is 1.15 bits per heavy atom. The van der Waals surface area contributed by atoms with E-state index >= 15 is 4.39 Å². The second-order valence-corrected chi connectivity index (χ2v) is 11.2. The highest BCUT2D eigenvalue weighted by Crippen LogP contribution is 2.56. The summed E-state index contributed by atoms with van der Waals surface area (Å²) < 4.78 is 27.4. The van der Waals surface area contributed by atoms with Gasteiger partial charge in [0.1, 0.15) is 11.6 Å². The third kappa shape index (κ3) is 4.93. The summed E-state index contributed by atoms with van der Waals surface area (Å²) in [4.78, 5) is 33.9. The van der Waals surface area contributed by atoms with Gasteiger partial charge in [0.25, 0.3) is 0 Å². The highest BCUT2D eigenvalue weighted by atomic mass is 19.1. The molecule has 2 aromatic carbocycles. The third-order valence-electron chi connectivity index (χ3n) is 8.79. The van der Waals surface area contributed by atoms with Gasteiger partial charge in [0.2, 0.25) is 5.91 Å². The van der Waals surface area contributed by atoms with E-state index in [0.29, 0.717) is 49.5 Å². The van der Waals surface area contributed by atoms with Crippen LogP contribution in [0.25, 0.3) is 0 Å². The molecular formula is C30H38FN5O4. The molecule has 1 amide bonds.